The van der Waals surface area contributed by atoms with Gasteiger partial charge >= 0.3 is 0 Å². The van der Waals surface area contributed by atoms with Crippen LogP contribution < -0.4 is 0 Å². The zero-order valence-corrected chi connectivity index (χ0v) is 13.3. The number of allylic oxidation sites excluding steroid dienone is 3. The summed E-state index contributed by atoms with van der Waals surface area (Å²) in [6.07, 6.45) is 20.9. The third-order valence-electron chi connectivity index (χ3n) is 3.63. The van der Waals surface area contributed by atoms with E-state index in [0.717, 1.165) is 25.5 Å². The van der Waals surface area contributed by atoms with Crippen LogP contribution in [0.15, 0.2) is 24.5 Å². The van der Waals surface area contributed by atoms with Gasteiger partial charge in [-0.15, -0.1) is 0 Å². The summed E-state index contributed by atoms with van der Waals surface area (Å²) in [5.74, 6) is 0. The number of aliphatic hydroxyl groups excluding tert-OH is 2. The van der Waals surface area contributed by atoms with E-state index in [9.17, 15) is 5.11 Å². The second-order valence-electron chi connectivity index (χ2n) is 5.62. The first-order chi connectivity index (χ1) is 9.81. The normalized spacial score (nSPS) is 13.5. The first-order valence-corrected chi connectivity index (χ1v) is 8.45. The largest absolute Gasteiger partial charge is 0.516 e. The second-order valence-corrected chi connectivity index (χ2v) is 5.62. The minimum atomic E-state index is -0.0636. The summed E-state index contributed by atoms with van der Waals surface area (Å²) >= 11 is 0. The zero-order chi connectivity index (χ0) is 14.9. The molecular weight excluding hydrogens is 248 g/mol. The van der Waals surface area contributed by atoms with E-state index in [1.54, 1.807) is 6.08 Å². The number of hydrogen-bond donors (Lipinski definition) is 2. The van der Waals surface area contributed by atoms with Crippen molar-refractivity contribution in [1.29, 1.82) is 0 Å². The maximum Gasteiger partial charge on any atom is 0.0791 e. The lowest BCUT2D eigenvalue weighted by atomic mass is 10.0. The maximum absolute atomic E-state index is 9.79. The molecule has 0 aliphatic carbocycles. The Balaban J connectivity index is 3.16. The first-order valence-electron chi connectivity index (χ1n) is 8.45. The Morgan fingerprint density at radius 3 is 2.05 bits per heavy atom. The highest BCUT2D eigenvalue weighted by molar-refractivity contribution is 4.98. The Labute approximate surface area is 125 Å². The molecule has 0 spiro atoms. The standard InChI is InChI=1S/C18H34O2/c1-2-3-12-15-18(20)16-13-10-8-6-4-5-7-9-11-14-17-19/h9,11,14,17-20H,2-8,10,12-13,15-16H2,1H3. The van der Waals surface area contributed by atoms with Gasteiger partial charge in [0.25, 0.3) is 0 Å². The van der Waals surface area contributed by atoms with Crippen molar-refractivity contribution >= 4 is 0 Å². The zero-order valence-electron chi connectivity index (χ0n) is 13.3. The Kier molecular flexibility index (Phi) is 15.7. The third-order valence-corrected chi connectivity index (χ3v) is 3.63. The fourth-order valence-corrected chi connectivity index (χ4v) is 2.35. The molecule has 2 N–H and O–H groups in total. The molecule has 20 heavy (non-hydrogen) atoms. The van der Waals surface area contributed by atoms with Crippen LogP contribution in [0.25, 0.3) is 0 Å². The van der Waals surface area contributed by atoms with Crippen molar-refractivity contribution in [1.82, 2.24) is 0 Å². The molecule has 0 aliphatic heterocycles. The quantitative estimate of drug-likeness (QED) is 0.244. The predicted octanol–water partition coefficient (Wildman–Crippen LogP) is 5.68. The molecule has 0 radical (unpaired) electrons. The molecular formula is C18H34O2. The van der Waals surface area contributed by atoms with E-state index in [1.165, 1.54) is 57.8 Å². The van der Waals surface area contributed by atoms with Crippen molar-refractivity contribution in [2.45, 2.75) is 90.1 Å². The van der Waals surface area contributed by atoms with Crippen LogP contribution >= 0.6 is 0 Å². The molecule has 0 fully saturated rings. The molecule has 1 atom stereocenters. The lowest BCUT2D eigenvalue weighted by molar-refractivity contribution is 0.147. The van der Waals surface area contributed by atoms with Crippen LogP contribution in [0.2, 0.25) is 0 Å². The Morgan fingerprint density at radius 1 is 0.800 bits per heavy atom. The lowest BCUT2D eigenvalue weighted by Crippen LogP contribution is -2.05. The maximum atomic E-state index is 9.79. The molecule has 0 aromatic heterocycles. The average Bonchev–Trinajstić information content (AvgIpc) is 2.45. The molecule has 1 unspecified atom stereocenters. The van der Waals surface area contributed by atoms with Crippen LogP contribution in [0.3, 0.4) is 0 Å². The van der Waals surface area contributed by atoms with E-state index >= 15 is 0 Å². The van der Waals surface area contributed by atoms with Crippen LogP contribution in [0.5, 0.6) is 0 Å². The Bertz CT molecular complexity index is 234. The van der Waals surface area contributed by atoms with Gasteiger partial charge in [-0.05, 0) is 31.8 Å². The van der Waals surface area contributed by atoms with E-state index in [0.29, 0.717) is 0 Å². The highest BCUT2D eigenvalue weighted by atomic mass is 16.3. The summed E-state index contributed by atoms with van der Waals surface area (Å²) in [4.78, 5) is 0. The van der Waals surface area contributed by atoms with Crippen LogP contribution in [0, 0.1) is 0 Å². The van der Waals surface area contributed by atoms with Crippen molar-refractivity contribution in [2.24, 2.45) is 0 Å². The molecule has 2 nitrogen and oxygen atoms in total. The summed E-state index contributed by atoms with van der Waals surface area (Å²) in [6, 6.07) is 0. The van der Waals surface area contributed by atoms with E-state index in [4.69, 9.17) is 5.11 Å². The Morgan fingerprint density at radius 2 is 1.40 bits per heavy atom. The number of rotatable bonds is 14. The minimum absolute atomic E-state index is 0.0636. The van der Waals surface area contributed by atoms with Crippen LogP contribution in [-0.2, 0) is 0 Å². The van der Waals surface area contributed by atoms with E-state index in [1.807, 2.05) is 6.08 Å². The predicted molar refractivity (Wildman–Crippen MR) is 88.0 cm³/mol. The summed E-state index contributed by atoms with van der Waals surface area (Å²) in [5.41, 5.74) is 0. The molecule has 0 saturated heterocycles. The number of aliphatic hydroxyl groups is 2. The van der Waals surface area contributed by atoms with E-state index in [-0.39, 0.29) is 6.10 Å². The van der Waals surface area contributed by atoms with E-state index in [2.05, 4.69) is 13.0 Å². The molecule has 0 aromatic rings. The van der Waals surface area contributed by atoms with Crippen molar-refractivity contribution in [3.8, 4) is 0 Å². The minimum Gasteiger partial charge on any atom is -0.516 e. The fraction of sp³-hybridized carbons (Fsp3) is 0.778. The molecule has 0 bridgehead atoms. The highest BCUT2D eigenvalue weighted by Crippen LogP contribution is 2.13. The summed E-state index contributed by atoms with van der Waals surface area (Å²) in [5, 5.41) is 18.2. The van der Waals surface area contributed by atoms with Gasteiger partial charge in [-0.1, -0.05) is 70.4 Å². The Hall–Kier alpha value is -0.760. The second kappa shape index (κ2) is 16.3. The highest BCUT2D eigenvalue weighted by Gasteiger charge is 2.02. The van der Waals surface area contributed by atoms with Gasteiger partial charge in [0.2, 0.25) is 0 Å². The summed E-state index contributed by atoms with van der Waals surface area (Å²) in [7, 11) is 0. The average molecular weight is 282 g/mol. The van der Waals surface area contributed by atoms with Gasteiger partial charge in [-0.25, -0.2) is 0 Å². The lowest BCUT2D eigenvalue weighted by Gasteiger charge is -2.09. The van der Waals surface area contributed by atoms with Crippen molar-refractivity contribution in [3.63, 3.8) is 0 Å². The molecule has 0 heterocycles. The van der Waals surface area contributed by atoms with Gasteiger partial charge in [0, 0.05) is 0 Å². The molecule has 0 aromatic carbocycles. The van der Waals surface area contributed by atoms with Crippen molar-refractivity contribution in [2.75, 3.05) is 0 Å². The smallest absolute Gasteiger partial charge is 0.0791 e. The van der Waals surface area contributed by atoms with Crippen molar-refractivity contribution < 1.29 is 10.2 Å². The molecule has 0 aliphatic rings. The van der Waals surface area contributed by atoms with Crippen LogP contribution in [0.1, 0.15) is 84.0 Å². The summed E-state index contributed by atoms with van der Waals surface area (Å²) in [6.45, 7) is 2.20. The number of unbranched alkanes of at least 4 members (excludes halogenated alkanes) is 8. The molecule has 0 rings (SSSR count). The summed E-state index contributed by atoms with van der Waals surface area (Å²) < 4.78 is 0. The third kappa shape index (κ3) is 15.3. The molecule has 0 saturated carbocycles. The van der Waals surface area contributed by atoms with Crippen LogP contribution in [0.4, 0.5) is 0 Å². The van der Waals surface area contributed by atoms with Gasteiger partial charge < -0.3 is 10.2 Å². The SMILES string of the molecule is CCCCCC(O)CCCCCCCCC=CC=CO. The molecule has 0 amide bonds. The van der Waals surface area contributed by atoms with Crippen molar-refractivity contribution in [3.05, 3.63) is 24.5 Å². The first kappa shape index (κ1) is 19.2. The van der Waals surface area contributed by atoms with Gasteiger partial charge in [0.15, 0.2) is 0 Å². The van der Waals surface area contributed by atoms with Crippen LogP contribution in [-0.4, -0.2) is 16.3 Å². The molecule has 2 heteroatoms. The topological polar surface area (TPSA) is 40.5 Å². The van der Waals surface area contributed by atoms with Gasteiger partial charge in [-0.2, -0.15) is 0 Å². The van der Waals surface area contributed by atoms with Gasteiger partial charge in [0.05, 0.1) is 12.4 Å². The van der Waals surface area contributed by atoms with Gasteiger partial charge in [-0.3, -0.25) is 0 Å². The fourth-order valence-electron chi connectivity index (χ4n) is 2.35. The number of hydrogen-bond acceptors (Lipinski definition) is 2. The molecule has 118 valence electrons. The van der Waals surface area contributed by atoms with Gasteiger partial charge in [0.1, 0.15) is 0 Å². The van der Waals surface area contributed by atoms with E-state index < -0.39 is 0 Å². The monoisotopic (exact) mass is 282 g/mol.